The maximum Gasteiger partial charge on any atom is 0.824 e. The summed E-state index contributed by atoms with van der Waals surface area (Å²) in [6, 6.07) is 0. The summed E-state index contributed by atoms with van der Waals surface area (Å²) < 4.78 is 18.4. The predicted octanol–water partition coefficient (Wildman–Crippen LogP) is 1.24. The van der Waals surface area contributed by atoms with E-state index >= 15 is 0 Å². The zero-order valence-electron chi connectivity index (χ0n) is 12.3. The summed E-state index contributed by atoms with van der Waals surface area (Å²) in [5.74, 6) is -2.01. The smallest absolute Gasteiger partial charge is 0.451 e. The van der Waals surface area contributed by atoms with Crippen LogP contribution in [0.5, 0.6) is 0 Å². The lowest BCUT2D eigenvalue weighted by molar-refractivity contribution is -0.144. The van der Waals surface area contributed by atoms with Crippen LogP contribution in [0.1, 0.15) is 47.0 Å². The topological polar surface area (TPSA) is 91.4 Å². The fraction of sp³-hybridized carbons (Fsp3) is 0.750. The van der Waals surface area contributed by atoms with E-state index in [0.717, 1.165) is 27.4 Å². The van der Waals surface area contributed by atoms with Crippen LogP contribution in [0.25, 0.3) is 0 Å². The van der Waals surface area contributed by atoms with E-state index < -0.39 is 27.4 Å². The minimum atomic E-state index is -2.59. The average Bonchev–Trinajstić information content (AvgIpc) is 3.07. The number of rotatable bonds is 6. The number of carbonyl (C=O) groups excluding carboxylic acids is 3. The highest BCUT2D eigenvalue weighted by atomic mass is 28.3. The van der Waals surface area contributed by atoms with Gasteiger partial charge in [0.05, 0.1) is 12.7 Å². The summed E-state index contributed by atoms with van der Waals surface area (Å²) >= 11 is 0. The SMILES string of the molecule is CC(=O)O[Si](OC(C)=O)OC(C)=O.CCCCC1CO1. The first-order valence-electron chi connectivity index (χ1n) is 6.39. The normalized spacial score (nSPS) is 15.8. The molecular formula is C12H21O7Si. The van der Waals surface area contributed by atoms with Crippen molar-refractivity contribution in [1.82, 2.24) is 0 Å². The van der Waals surface area contributed by atoms with Gasteiger partial charge in [0.15, 0.2) is 0 Å². The highest BCUT2D eigenvalue weighted by Gasteiger charge is 2.31. The monoisotopic (exact) mass is 305 g/mol. The van der Waals surface area contributed by atoms with Crippen LogP contribution >= 0.6 is 0 Å². The van der Waals surface area contributed by atoms with Gasteiger partial charge in [0.2, 0.25) is 0 Å². The quantitative estimate of drug-likeness (QED) is 0.538. The average molecular weight is 305 g/mol. The van der Waals surface area contributed by atoms with Crippen molar-refractivity contribution < 1.29 is 32.4 Å². The van der Waals surface area contributed by atoms with E-state index in [4.69, 9.17) is 4.74 Å². The number of unbranched alkanes of at least 4 members (excludes halogenated alkanes) is 1. The van der Waals surface area contributed by atoms with E-state index in [1.165, 1.54) is 19.3 Å². The van der Waals surface area contributed by atoms with Crippen LogP contribution in [0.2, 0.25) is 0 Å². The maximum atomic E-state index is 10.4. The van der Waals surface area contributed by atoms with Crippen LogP contribution in [0.3, 0.4) is 0 Å². The van der Waals surface area contributed by atoms with Gasteiger partial charge in [0, 0.05) is 20.8 Å². The molecule has 1 atom stereocenters. The van der Waals surface area contributed by atoms with Gasteiger partial charge in [-0.1, -0.05) is 19.8 Å². The molecule has 1 radical (unpaired) electrons. The Kier molecular flexibility index (Phi) is 9.65. The third-order valence-electron chi connectivity index (χ3n) is 1.96. The standard InChI is InChI=1S/C6H9O6Si.C6H12O/c1-4(7)10-13(11-5(2)8)12-6(3)9;1-2-3-4-6-5-7-6/h1-3H3;6H,2-5H2,1H3. The van der Waals surface area contributed by atoms with Crippen molar-refractivity contribution in [2.24, 2.45) is 0 Å². The molecule has 0 aliphatic carbocycles. The van der Waals surface area contributed by atoms with Crippen molar-refractivity contribution in [3.05, 3.63) is 0 Å². The number of epoxide rings is 1. The second-order valence-electron chi connectivity index (χ2n) is 4.13. The van der Waals surface area contributed by atoms with E-state index in [2.05, 4.69) is 20.2 Å². The van der Waals surface area contributed by atoms with E-state index in [-0.39, 0.29) is 0 Å². The van der Waals surface area contributed by atoms with Gasteiger partial charge in [0.1, 0.15) is 0 Å². The molecule has 1 aliphatic rings. The van der Waals surface area contributed by atoms with Crippen LogP contribution in [-0.4, -0.2) is 40.1 Å². The van der Waals surface area contributed by atoms with Gasteiger partial charge in [-0.2, -0.15) is 0 Å². The summed E-state index contributed by atoms with van der Waals surface area (Å²) in [4.78, 5) is 31.3. The second-order valence-corrected chi connectivity index (χ2v) is 5.24. The van der Waals surface area contributed by atoms with Gasteiger partial charge < -0.3 is 18.0 Å². The molecule has 0 aromatic heterocycles. The van der Waals surface area contributed by atoms with Crippen molar-refractivity contribution in [3.63, 3.8) is 0 Å². The molecule has 115 valence electrons. The molecule has 0 spiro atoms. The van der Waals surface area contributed by atoms with Gasteiger partial charge in [-0.05, 0) is 6.42 Å². The molecule has 0 N–H and O–H groups in total. The third kappa shape index (κ3) is 13.0. The van der Waals surface area contributed by atoms with Gasteiger partial charge in [-0.15, -0.1) is 0 Å². The molecule has 7 nitrogen and oxygen atoms in total. The zero-order chi connectivity index (χ0) is 15.5. The van der Waals surface area contributed by atoms with Gasteiger partial charge in [-0.3, -0.25) is 14.4 Å². The number of hydrogen-bond acceptors (Lipinski definition) is 7. The van der Waals surface area contributed by atoms with Gasteiger partial charge >= 0.3 is 9.53 Å². The van der Waals surface area contributed by atoms with Gasteiger partial charge in [0.25, 0.3) is 17.9 Å². The van der Waals surface area contributed by atoms with Crippen molar-refractivity contribution in [2.45, 2.75) is 53.1 Å². The Morgan fingerprint density at radius 1 is 1.05 bits per heavy atom. The first kappa shape index (κ1) is 18.6. The molecule has 1 heterocycles. The Labute approximate surface area is 120 Å². The van der Waals surface area contributed by atoms with Crippen molar-refractivity contribution in [1.29, 1.82) is 0 Å². The Hall–Kier alpha value is -1.41. The van der Waals surface area contributed by atoms with E-state index in [1.807, 2.05) is 0 Å². The van der Waals surface area contributed by atoms with Crippen LogP contribution in [0, 0.1) is 0 Å². The zero-order valence-corrected chi connectivity index (χ0v) is 13.3. The maximum absolute atomic E-state index is 10.4. The molecule has 0 saturated carbocycles. The Balaban J connectivity index is 0.000000428. The van der Waals surface area contributed by atoms with Crippen molar-refractivity contribution in [3.8, 4) is 0 Å². The number of carbonyl (C=O) groups is 3. The van der Waals surface area contributed by atoms with Crippen LogP contribution in [-0.2, 0) is 32.4 Å². The Bertz CT molecular complexity index is 290. The lowest BCUT2D eigenvalue weighted by atomic mass is 10.2. The van der Waals surface area contributed by atoms with Crippen LogP contribution < -0.4 is 0 Å². The summed E-state index contributed by atoms with van der Waals surface area (Å²) in [5, 5.41) is 0. The fourth-order valence-electron chi connectivity index (χ4n) is 1.08. The summed E-state index contributed by atoms with van der Waals surface area (Å²) in [5.41, 5.74) is 0. The van der Waals surface area contributed by atoms with E-state index in [1.54, 1.807) is 0 Å². The highest BCUT2D eigenvalue weighted by Crippen LogP contribution is 2.15. The van der Waals surface area contributed by atoms with Crippen LogP contribution in [0.15, 0.2) is 0 Å². The largest absolute Gasteiger partial charge is 0.824 e. The second kappa shape index (κ2) is 10.4. The predicted molar refractivity (Wildman–Crippen MR) is 70.3 cm³/mol. The molecule has 20 heavy (non-hydrogen) atoms. The molecule has 0 bridgehead atoms. The molecule has 1 unspecified atom stereocenters. The Morgan fingerprint density at radius 3 is 1.70 bits per heavy atom. The molecule has 8 heteroatoms. The molecule has 1 saturated heterocycles. The molecule has 1 aliphatic heterocycles. The first-order chi connectivity index (χ1) is 9.35. The van der Waals surface area contributed by atoms with Gasteiger partial charge in [-0.25, -0.2) is 0 Å². The summed E-state index contributed by atoms with van der Waals surface area (Å²) in [6.45, 7) is 6.61. The van der Waals surface area contributed by atoms with Crippen molar-refractivity contribution >= 4 is 27.4 Å². The summed E-state index contributed by atoms with van der Waals surface area (Å²) in [7, 11) is -2.59. The summed E-state index contributed by atoms with van der Waals surface area (Å²) in [6.07, 6.45) is 4.58. The molecule has 0 aromatic carbocycles. The number of ether oxygens (including phenoxy) is 1. The minimum absolute atomic E-state index is 0.653. The highest BCUT2D eigenvalue weighted by molar-refractivity contribution is 6.43. The third-order valence-corrected chi connectivity index (χ3v) is 3.33. The molecule has 0 aromatic rings. The van der Waals surface area contributed by atoms with Crippen molar-refractivity contribution in [2.75, 3.05) is 6.61 Å². The minimum Gasteiger partial charge on any atom is -0.451 e. The molecule has 1 fully saturated rings. The fourth-order valence-corrected chi connectivity index (χ4v) is 1.91. The molecule has 0 amide bonds. The van der Waals surface area contributed by atoms with Crippen LogP contribution in [0.4, 0.5) is 0 Å². The lowest BCUT2D eigenvalue weighted by Gasteiger charge is -2.09. The van der Waals surface area contributed by atoms with E-state index in [9.17, 15) is 14.4 Å². The lowest BCUT2D eigenvalue weighted by Crippen LogP contribution is -2.32. The van der Waals surface area contributed by atoms with E-state index in [0.29, 0.717) is 6.10 Å². The molecule has 1 rings (SSSR count). The number of hydrogen-bond donors (Lipinski definition) is 0. The molecular weight excluding hydrogens is 284 g/mol. The Morgan fingerprint density at radius 2 is 1.45 bits per heavy atom. The first-order valence-corrected chi connectivity index (χ1v) is 7.61.